The fourth-order valence-electron chi connectivity index (χ4n) is 2.03. The van der Waals surface area contributed by atoms with Crippen LogP contribution in [0.4, 0.5) is 5.69 Å². The maximum absolute atomic E-state index is 12.3. The number of nitrogens with two attached hydrogens (primary N) is 1. The number of fused-ring (bicyclic) bond motifs is 1. The minimum atomic E-state index is -0.277. The summed E-state index contributed by atoms with van der Waals surface area (Å²) in [5, 5.41) is 12.9. The van der Waals surface area contributed by atoms with Gasteiger partial charge in [-0.05, 0) is 24.5 Å². The molecular weight excluding hydrogens is 274 g/mol. The second-order valence-electron chi connectivity index (χ2n) is 5.16. The maximum atomic E-state index is 12.3. The molecule has 0 aromatic carbocycles. The number of nitrogens with one attached hydrogen (secondary N) is 1. The maximum Gasteiger partial charge on any atom is 0.263 e. The van der Waals surface area contributed by atoms with Gasteiger partial charge < -0.3 is 16.2 Å². The van der Waals surface area contributed by atoms with Crippen molar-refractivity contribution in [2.45, 2.75) is 26.8 Å². The average Bonchev–Trinajstić information content (AvgIpc) is 2.74. The van der Waals surface area contributed by atoms with Crippen LogP contribution in [-0.4, -0.2) is 28.6 Å². The third-order valence-corrected chi connectivity index (χ3v) is 4.47. The zero-order chi connectivity index (χ0) is 14.9. The van der Waals surface area contributed by atoms with Gasteiger partial charge in [0.2, 0.25) is 0 Å². The van der Waals surface area contributed by atoms with Gasteiger partial charge >= 0.3 is 0 Å². The highest BCUT2D eigenvalue weighted by Gasteiger charge is 2.22. The van der Waals surface area contributed by atoms with Gasteiger partial charge in [0.15, 0.2) is 0 Å². The summed E-state index contributed by atoms with van der Waals surface area (Å²) < 4.78 is 0. The lowest BCUT2D eigenvalue weighted by atomic mass is 10.1. The number of hydrogen-bond acceptors (Lipinski definition) is 5. The van der Waals surface area contributed by atoms with Crippen molar-refractivity contribution in [2.24, 2.45) is 5.92 Å². The van der Waals surface area contributed by atoms with Gasteiger partial charge in [0.05, 0.1) is 18.3 Å². The van der Waals surface area contributed by atoms with E-state index in [1.807, 2.05) is 26.8 Å². The van der Waals surface area contributed by atoms with Gasteiger partial charge in [-0.3, -0.25) is 4.79 Å². The number of aliphatic hydroxyl groups is 1. The lowest BCUT2D eigenvalue weighted by Crippen LogP contribution is -2.41. The standard InChI is InChI=1S/C14H19N3O2S/c1-7(2)9(6-18)17-13(19)12-11(15)10-8(3)4-5-16-14(10)20-12/h4-5,7,9,18H,6,15H2,1-3H3,(H,17,19). The van der Waals surface area contributed by atoms with E-state index >= 15 is 0 Å². The average molecular weight is 293 g/mol. The van der Waals surface area contributed by atoms with Crippen LogP contribution in [0.2, 0.25) is 0 Å². The molecule has 0 saturated carbocycles. The van der Waals surface area contributed by atoms with Gasteiger partial charge in [0.25, 0.3) is 5.91 Å². The Balaban J connectivity index is 2.36. The Labute approximate surface area is 121 Å². The number of aryl methyl sites for hydroxylation is 1. The number of aliphatic hydroxyl groups excluding tert-OH is 1. The molecule has 20 heavy (non-hydrogen) atoms. The molecule has 5 nitrogen and oxygen atoms in total. The number of thiophene rings is 1. The second kappa shape index (κ2) is 5.76. The smallest absolute Gasteiger partial charge is 0.263 e. The first kappa shape index (κ1) is 14.7. The van der Waals surface area contributed by atoms with E-state index in [1.54, 1.807) is 6.20 Å². The summed E-state index contributed by atoms with van der Waals surface area (Å²) in [6, 6.07) is 1.60. The number of carbonyl (C=O) groups is 1. The van der Waals surface area contributed by atoms with E-state index in [0.717, 1.165) is 15.8 Å². The fourth-order valence-corrected chi connectivity index (χ4v) is 3.07. The summed E-state index contributed by atoms with van der Waals surface area (Å²) in [5.74, 6) is -0.0999. The predicted molar refractivity (Wildman–Crippen MR) is 81.9 cm³/mol. The first-order valence-corrected chi connectivity index (χ1v) is 7.32. The fraction of sp³-hybridized carbons (Fsp3) is 0.429. The number of hydrogen-bond donors (Lipinski definition) is 3. The van der Waals surface area contributed by atoms with E-state index in [0.29, 0.717) is 10.6 Å². The molecular formula is C14H19N3O2S. The van der Waals surface area contributed by atoms with Crippen LogP contribution < -0.4 is 11.1 Å². The molecule has 0 aliphatic carbocycles. The zero-order valence-electron chi connectivity index (χ0n) is 11.8. The van der Waals surface area contributed by atoms with Gasteiger partial charge in [-0.25, -0.2) is 4.98 Å². The Kier molecular flexibility index (Phi) is 4.25. The molecule has 2 aromatic heterocycles. The predicted octanol–water partition coefficient (Wildman–Crippen LogP) is 1.93. The molecule has 0 spiro atoms. The van der Waals surface area contributed by atoms with Crippen molar-refractivity contribution in [3.05, 3.63) is 22.7 Å². The van der Waals surface area contributed by atoms with Crippen LogP contribution in [0, 0.1) is 12.8 Å². The SMILES string of the molecule is Cc1ccnc2sc(C(=O)NC(CO)C(C)C)c(N)c12. The normalized spacial score (nSPS) is 12.8. The summed E-state index contributed by atoms with van der Waals surface area (Å²) >= 11 is 1.28. The van der Waals surface area contributed by atoms with E-state index in [2.05, 4.69) is 10.3 Å². The van der Waals surface area contributed by atoms with Gasteiger partial charge in [-0.15, -0.1) is 11.3 Å². The van der Waals surface area contributed by atoms with E-state index < -0.39 is 0 Å². The van der Waals surface area contributed by atoms with Crippen molar-refractivity contribution in [2.75, 3.05) is 12.3 Å². The van der Waals surface area contributed by atoms with Crippen LogP contribution in [0.5, 0.6) is 0 Å². The highest BCUT2D eigenvalue weighted by molar-refractivity contribution is 7.21. The molecule has 6 heteroatoms. The second-order valence-corrected chi connectivity index (χ2v) is 6.16. The molecule has 1 atom stereocenters. The monoisotopic (exact) mass is 293 g/mol. The minimum Gasteiger partial charge on any atom is -0.397 e. The molecule has 0 aliphatic heterocycles. The number of carbonyl (C=O) groups excluding carboxylic acids is 1. The topological polar surface area (TPSA) is 88.2 Å². The molecule has 1 unspecified atom stereocenters. The van der Waals surface area contributed by atoms with Crippen molar-refractivity contribution in [1.82, 2.24) is 10.3 Å². The summed E-state index contributed by atoms with van der Waals surface area (Å²) in [4.78, 5) is 17.8. The number of amides is 1. The molecule has 1 amide bonds. The third kappa shape index (κ3) is 2.62. The number of anilines is 1. The molecule has 2 aromatic rings. The van der Waals surface area contributed by atoms with E-state index in [4.69, 9.17) is 5.73 Å². The van der Waals surface area contributed by atoms with Gasteiger partial charge in [0.1, 0.15) is 9.71 Å². The lowest BCUT2D eigenvalue weighted by molar-refractivity contribution is 0.0902. The Hall–Kier alpha value is -1.66. The minimum absolute atomic E-state index is 0.0918. The van der Waals surface area contributed by atoms with E-state index in [1.165, 1.54) is 11.3 Å². The first-order chi connectivity index (χ1) is 9.45. The van der Waals surface area contributed by atoms with Crippen LogP contribution in [0.3, 0.4) is 0 Å². The largest absolute Gasteiger partial charge is 0.397 e. The summed E-state index contributed by atoms with van der Waals surface area (Å²) in [5.41, 5.74) is 7.55. The van der Waals surface area contributed by atoms with Crippen molar-refractivity contribution in [3.63, 3.8) is 0 Å². The number of nitrogen functional groups attached to an aromatic ring is 1. The molecule has 2 rings (SSSR count). The van der Waals surface area contributed by atoms with Gasteiger partial charge in [-0.1, -0.05) is 13.8 Å². The highest BCUT2D eigenvalue weighted by atomic mass is 32.1. The Morgan fingerprint density at radius 1 is 1.55 bits per heavy atom. The van der Waals surface area contributed by atoms with E-state index in [9.17, 15) is 9.90 Å². The molecule has 0 fully saturated rings. The van der Waals surface area contributed by atoms with Crippen molar-refractivity contribution in [3.8, 4) is 0 Å². The first-order valence-electron chi connectivity index (χ1n) is 6.51. The number of nitrogens with zero attached hydrogens (tertiary/aromatic N) is 1. The summed E-state index contributed by atoms with van der Waals surface area (Å²) in [7, 11) is 0. The van der Waals surface area contributed by atoms with Gasteiger partial charge in [0, 0.05) is 11.6 Å². The Morgan fingerprint density at radius 2 is 2.25 bits per heavy atom. The molecule has 0 saturated heterocycles. The number of aromatic nitrogens is 1. The summed E-state index contributed by atoms with van der Waals surface area (Å²) in [6.45, 7) is 5.74. The molecule has 0 bridgehead atoms. The molecule has 4 N–H and O–H groups in total. The van der Waals surface area contributed by atoms with Gasteiger partial charge in [-0.2, -0.15) is 0 Å². The van der Waals surface area contributed by atoms with E-state index in [-0.39, 0.29) is 24.5 Å². The van der Waals surface area contributed by atoms with Crippen LogP contribution in [-0.2, 0) is 0 Å². The number of rotatable bonds is 4. The van der Waals surface area contributed by atoms with Crippen molar-refractivity contribution in [1.29, 1.82) is 0 Å². The van der Waals surface area contributed by atoms with Crippen LogP contribution in [0.1, 0.15) is 29.1 Å². The quantitative estimate of drug-likeness (QED) is 0.803. The molecule has 108 valence electrons. The Bertz CT molecular complexity index is 637. The number of pyridine rings is 1. The van der Waals surface area contributed by atoms with Crippen molar-refractivity contribution < 1.29 is 9.90 Å². The molecule has 0 aliphatic rings. The molecule has 0 radical (unpaired) electrons. The molecule has 2 heterocycles. The Morgan fingerprint density at radius 3 is 2.80 bits per heavy atom. The van der Waals surface area contributed by atoms with Crippen molar-refractivity contribution >= 4 is 33.1 Å². The van der Waals surface area contributed by atoms with Crippen LogP contribution >= 0.6 is 11.3 Å². The zero-order valence-corrected chi connectivity index (χ0v) is 12.6. The summed E-state index contributed by atoms with van der Waals surface area (Å²) in [6.07, 6.45) is 1.71. The third-order valence-electron chi connectivity index (χ3n) is 3.36. The highest BCUT2D eigenvalue weighted by Crippen LogP contribution is 2.34. The van der Waals surface area contributed by atoms with Crippen LogP contribution in [0.25, 0.3) is 10.2 Å². The van der Waals surface area contributed by atoms with Crippen LogP contribution in [0.15, 0.2) is 12.3 Å². The lowest BCUT2D eigenvalue weighted by Gasteiger charge is -2.19.